The van der Waals surface area contributed by atoms with Crippen LogP contribution in [-0.4, -0.2) is 33.4 Å². The SMILES string of the molecule is CC(Nc1cc(Nc2cc(C3CCOCC3)[nH]n2)ncn1)c1ccc(F)cc1F. The minimum absolute atomic E-state index is 0.355. The first-order valence-corrected chi connectivity index (χ1v) is 9.52. The van der Waals surface area contributed by atoms with Crippen LogP contribution in [0.2, 0.25) is 0 Å². The summed E-state index contributed by atoms with van der Waals surface area (Å²) in [5.74, 6) is 0.938. The third-order valence-corrected chi connectivity index (χ3v) is 4.98. The Balaban J connectivity index is 1.43. The topological polar surface area (TPSA) is 87.8 Å². The zero-order chi connectivity index (χ0) is 20.2. The number of nitrogens with zero attached hydrogens (tertiary/aromatic N) is 3. The summed E-state index contributed by atoms with van der Waals surface area (Å²) < 4.78 is 32.5. The smallest absolute Gasteiger partial charge is 0.153 e. The van der Waals surface area contributed by atoms with Gasteiger partial charge in [0.25, 0.3) is 0 Å². The number of benzene rings is 1. The fraction of sp³-hybridized carbons (Fsp3) is 0.350. The van der Waals surface area contributed by atoms with Gasteiger partial charge in [-0.2, -0.15) is 5.10 Å². The molecular formula is C20H22F2N6O. The van der Waals surface area contributed by atoms with E-state index in [4.69, 9.17) is 4.74 Å². The number of halogens is 2. The van der Waals surface area contributed by atoms with Gasteiger partial charge in [0.15, 0.2) is 5.82 Å². The molecule has 3 aromatic rings. The second-order valence-electron chi connectivity index (χ2n) is 7.04. The third-order valence-electron chi connectivity index (χ3n) is 4.98. The Bertz CT molecular complexity index is 973. The number of hydrogen-bond acceptors (Lipinski definition) is 6. The Kier molecular flexibility index (Phi) is 5.66. The number of H-pyrrole nitrogens is 1. The number of rotatable bonds is 6. The van der Waals surface area contributed by atoms with Crippen molar-refractivity contribution in [3.8, 4) is 0 Å². The number of aromatic amines is 1. The lowest BCUT2D eigenvalue weighted by atomic mass is 9.97. The molecule has 7 nitrogen and oxygen atoms in total. The lowest BCUT2D eigenvalue weighted by Gasteiger charge is -2.20. The fourth-order valence-corrected chi connectivity index (χ4v) is 3.41. The second-order valence-corrected chi connectivity index (χ2v) is 7.04. The van der Waals surface area contributed by atoms with Crippen LogP contribution in [0.5, 0.6) is 0 Å². The molecule has 1 aliphatic rings. The van der Waals surface area contributed by atoms with Gasteiger partial charge >= 0.3 is 0 Å². The van der Waals surface area contributed by atoms with Crippen LogP contribution in [0.3, 0.4) is 0 Å². The zero-order valence-corrected chi connectivity index (χ0v) is 16.0. The summed E-state index contributed by atoms with van der Waals surface area (Å²) in [6.45, 7) is 3.31. The van der Waals surface area contributed by atoms with Gasteiger partial charge in [0.05, 0.1) is 6.04 Å². The number of hydrogen-bond donors (Lipinski definition) is 3. The predicted octanol–water partition coefficient (Wildman–Crippen LogP) is 4.29. The van der Waals surface area contributed by atoms with Crippen LogP contribution in [0.4, 0.5) is 26.2 Å². The molecule has 4 rings (SSSR count). The van der Waals surface area contributed by atoms with Gasteiger partial charge in [-0.1, -0.05) is 6.07 Å². The van der Waals surface area contributed by atoms with Crippen molar-refractivity contribution in [1.82, 2.24) is 20.2 Å². The number of aromatic nitrogens is 4. The molecular weight excluding hydrogens is 378 g/mol. The monoisotopic (exact) mass is 400 g/mol. The van der Waals surface area contributed by atoms with Gasteiger partial charge < -0.3 is 15.4 Å². The maximum absolute atomic E-state index is 14.0. The molecule has 0 radical (unpaired) electrons. The van der Waals surface area contributed by atoms with Gasteiger partial charge in [0.2, 0.25) is 0 Å². The number of nitrogens with one attached hydrogen (secondary N) is 3. The van der Waals surface area contributed by atoms with Crippen molar-refractivity contribution in [3.63, 3.8) is 0 Å². The molecule has 1 aromatic carbocycles. The van der Waals surface area contributed by atoms with E-state index in [1.54, 1.807) is 13.0 Å². The van der Waals surface area contributed by atoms with Crippen LogP contribution in [0.1, 0.15) is 43.0 Å². The van der Waals surface area contributed by atoms with Gasteiger partial charge in [0, 0.05) is 48.6 Å². The average Bonchev–Trinajstić information content (AvgIpc) is 3.17. The molecule has 0 spiro atoms. The van der Waals surface area contributed by atoms with Crippen LogP contribution in [-0.2, 0) is 4.74 Å². The molecule has 0 amide bonds. The highest BCUT2D eigenvalue weighted by Crippen LogP contribution is 2.28. The molecule has 152 valence electrons. The Morgan fingerprint density at radius 2 is 1.86 bits per heavy atom. The van der Waals surface area contributed by atoms with Crippen LogP contribution in [0, 0.1) is 11.6 Å². The quantitative estimate of drug-likeness (QED) is 0.572. The van der Waals surface area contributed by atoms with Crippen molar-refractivity contribution in [1.29, 1.82) is 0 Å². The summed E-state index contributed by atoms with van der Waals surface area (Å²) >= 11 is 0. The summed E-state index contributed by atoms with van der Waals surface area (Å²) in [7, 11) is 0. The van der Waals surface area contributed by atoms with Crippen molar-refractivity contribution < 1.29 is 13.5 Å². The standard InChI is InChI=1S/C20H22F2N6O/c1-12(15-3-2-14(21)8-16(15)22)25-18-10-19(24-11-23-18)26-20-9-17(27-28-20)13-4-6-29-7-5-13/h2-3,8-13H,4-7H2,1H3,(H3,23,24,25,26,27,28). The molecule has 1 aliphatic heterocycles. The molecule has 1 saturated heterocycles. The molecule has 3 N–H and O–H groups in total. The maximum Gasteiger partial charge on any atom is 0.153 e. The molecule has 0 bridgehead atoms. The Hall–Kier alpha value is -3.07. The van der Waals surface area contributed by atoms with E-state index < -0.39 is 17.7 Å². The van der Waals surface area contributed by atoms with E-state index in [2.05, 4.69) is 30.8 Å². The summed E-state index contributed by atoms with van der Waals surface area (Å²) in [6.07, 6.45) is 3.35. The lowest BCUT2D eigenvalue weighted by molar-refractivity contribution is 0.0845. The zero-order valence-electron chi connectivity index (χ0n) is 16.0. The largest absolute Gasteiger partial charge is 0.381 e. The van der Waals surface area contributed by atoms with Crippen LogP contribution < -0.4 is 10.6 Å². The van der Waals surface area contributed by atoms with E-state index >= 15 is 0 Å². The Labute approximate surface area is 166 Å². The van der Waals surface area contributed by atoms with E-state index in [1.165, 1.54) is 18.5 Å². The molecule has 9 heteroatoms. The summed E-state index contributed by atoms with van der Waals surface area (Å²) in [5, 5.41) is 13.6. The van der Waals surface area contributed by atoms with Crippen molar-refractivity contribution in [2.24, 2.45) is 0 Å². The van der Waals surface area contributed by atoms with Crippen LogP contribution in [0.15, 0.2) is 36.7 Å². The normalized spacial score (nSPS) is 15.8. The molecule has 1 unspecified atom stereocenters. The van der Waals surface area contributed by atoms with Gasteiger partial charge in [-0.05, 0) is 25.8 Å². The van der Waals surface area contributed by atoms with E-state index in [0.29, 0.717) is 28.9 Å². The molecule has 2 aromatic heterocycles. The highest BCUT2D eigenvalue weighted by atomic mass is 19.1. The molecule has 1 fully saturated rings. The molecule has 1 atom stereocenters. The number of anilines is 3. The first-order chi connectivity index (χ1) is 14.1. The lowest BCUT2D eigenvalue weighted by Crippen LogP contribution is -2.14. The van der Waals surface area contributed by atoms with E-state index in [9.17, 15) is 8.78 Å². The second kappa shape index (κ2) is 8.52. The molecule has 0 aliphatic carbocycles. The minimum Gasteiger partial charge on any atom is -0.381 e. The summed E-state index contributed by atoms with van der Waals surface area (Å²) in [4.78, 5) is 8.38. The first kappa shape index (κ1) is 19.3. The highest BCUT2D eigenvalue weighted by molar-refractivity contribution is 5.56. The van der Waals surface area contributed by atoms with E-state index in [1.807, 2.05) is 6.07 Å². The van der Waals surface area contributed by atoms with Gasteiger partial charge in [-0.25, -0.2) is 18.7 Å². The van der Waals surface area contributed by atoms with E-state index in [-0.39, 0.29) is 0 Å². The fourth-order valence-electron chi connectivity index (χ4n) is 3.41. The van der Waals surface area contributed by atoms with Gasteiger partial charge in [-0.3, -0.25) is 5.10 Å². The minimum atomic E-state index is -0.605. The van der Waals surface area contributed by atoms with E-state index in [0.717, 1.165) is 37.8 Å². The highest BCUT2D eigenvalue weighted by Gasteiger charge is 2.18. The molecule has 0 saturated carbocycles. The maximum atomic E-state index is 14.0. The third kappa shape index (κ3) is 4.68. The van der Waals surface area contributed by atoms with Crippen LogP contribution >= 0.6 is 0 Å². The molecule has 29 heavy (non-hydrogen) atoms. The summed E-state index contributed by atoms with van der Waals surface area (Å²) in [5.41, 5.74) is 1.43. The Morgan fingerprint density at radius 3 is 2.66 bits per heavy atom. The van der Waals surface area contributed by atoms with Gasteiger partial charge in [-0.15, -0.1) is 0 Å². The number of ether oxygens (including phenoxy) is 1. The van der Waals surface area contributed by atoms with Crippen molar-refractivity contribution in [3.05, 3.63) is 59.6 Å². The first-order valence-electron chi connectivity index (χ1n) is 9.52. The van der Waals surface area contributed by atoms with Crippen molar-refractivity contribution >= 4 is 17.5 Å². The average molecular weight is 400 g/mol. The van der Waals surface area contributed by atoms with Gasteiger partial charge in [0.1, 0.15) is 29.6 Å². The Morgan fingerprint density at radius 1 is 1.07 bits per heavy atom. The molecule has 3 heterocycles. The van der Waals surface area contributed by atoms with Crippen LogP contribution in [0.25, 0.3) is 0 Å². The predicted molar refractivity (Wildman–Crippen MR) is 105 cm³/mol. The van der Waals surface area contributed by atoms with Crippen molar-refractivity contribution in [2.75, 3.05) is 23.8 Å². The van der Waals surface area contributed by atoms with Crippen molar-refractivity contribution in [2.45, 2.75) is 31.7 Å². The summed E-state index contributed by atoms with van der Waals surface area (Å²) in [6, 6.07) is 6.81.